The average molecular weight is 468 g/mol. The Hall–Kier alpha value is -3.78. The first kappa shape index (κ1) is 22.4. The molecule has 1 atom stereocenters. The maximum atomic E-state index is 13.2. The van der Waals surface area contributed by atoms with Crippen LogP contribution in [0.3, 0.4) is 0 Å². The number of methoxy groups -OCH3 is 2. The lowest BCUT2D eigenvalue weighted by Crippen LogP contribution is -2.42. The van der Waals surface area contributed by atoms with E-state index in [-0.39, 0.29) is 0 Å². The van der Waals surface area contributed by atoms with Crippen LogP contribution < -0.4 is 20.1 Å². The van der Waals surface area contributed by atoms with Gasteiger partial charge in [0.05, 0.1) is 24.9 Å². The smallest absolute Gasteiger partial charge is 0.325 e. The van der Waals surface area contributed by atoms with Crippen LogP contribution >= 0.6 is 11.6 Å². The SMILES string of the molecule is COc1cc(NC(=O)CN2C(=O)N[C@@](C)(c3ccc4ccccc4c3)C2=O)c(OC)cc1Cl. The molecule has 0 unspecified atom stereocenters. The number of hydrogen-bond acceptors (Lipinski definition) is 5. The second kappa shape index (κ2) is 8.63. The van der Waals surface area contributed by atoms with Crippen LogP contribution in [0.2, 0.25) is 5.02 Å². The second-order valence-corrected chi connectivity index (χ2v) is 8.15. The number of anilines is 1. The highest BCUT2D eigenvalue weighted by molar-refractivity contribution is 6.32. The van der Waals surface area contributed by atoms with Crippen LogP contribution in [-0.2, 0) is 15.1 Å². The average Bonchev–Trinajstić information content (AvgIpc) is 3.03. The highest BCUT2D eigenvalue weighted by Gasteiger charge is 2.49. The lowest BCUT2D eigenvalue weighted by molar-refractivity contribution is -0.133. The number of hydrogen-bond donors (Lipinski definition) is 2. The van der Waals surface area contributed by atoms with Gasteiger partial charge in [-0.2, -0.15) is 0 Å². The molecule has 1 fully saturated rings. The molecule has 8 nitrogen and oxygen atoms in total. The Morgan fingerprint density at radius 2 is 1.73 bits per heavy atom. The number of urea groups is 1. The fourth-order valence-electron chi connectivity index (χ4n) is 3.83. The summed E-state index contributed by atoms with van der Waals surface area (Å²) in [7, 11) is 2.88. The monoisotopic (exact) mass is 467 g/mol. The predicted molar refractivity (Wildman–Crippen MR) is 125 cm³/mol. The van der Waals surface area contributed by atoms with Crippen molar-refractivity contribution in [1.82, 2.24) is 10.2 Å². The number of amides is 4. The molecule has 0 bridgehead atoms. The number of fused-ring (bicyclic) bond motifs is 1. The first-order valence-corrected chi connectivity index (χ1v) is 10.5. The molecule has 4 amide bonds. The zero-order valence-corrected chi connectivity index (χ0v) is 19.0. The van der Waals surface area contributed by atoms with E-state index in [2.05, 4.69) is 10.6 Å². The predicted octanol–water partition coefficient (Wildman–Crippen LogP) is 3.92. The standard InChI is InChI=1S/C24H22ClN3O5/c1-24(16-9-8-14-6-4-5-7-15(14)10-16)22(30)28(23(31)27-24)13-21(29)26-18-12-19(32-2)17(25)11-20(18)33-3/h4-12H,13H2,1-3H3,(H,26,29)(H,27,31)/t24-/m0/s1. The van der Waals surface area contributed by atoms with Crippen LogP contribution in [0.5, 0.6) is 11.5 Å². The molecule has 1 heterocycles. The van der Waals surface area contributed by atoms with Crippen molar-refractivity contribution < 1.29 is 23.9 Å². The number of nitrogens with zero attached hydrogens (tertiary/aromatic N) is 1. The van der Waals surface area contributed by atoms with E-state index in [1.807, 2.05) is 36.4 Å². The maximum absolute atomic E-state index is 13.2. The van der Waals surface area contributed by atoms with Gasteiger partial charge in [0.15, 0.2) is 0 Å². The largest absolute Gasteiger partial charge is 0.495 e. The van der Waals surface area contributed by atoms with Crippen LogP contribution in [0.15, 0.2) is 54.6 Å². The lowest BCUT2D eigenvalue weighted by atomic mass is 9.90. The van der Waals surface area contributed by atoms with Crippen LogP contribution in [0.25, 0.3) is 10.8 Å². The van der Waals surface area contributed by atoms with Gasteiger partial charge in [-0.1, -0.05) is 48.0 Å². The molecular formula is C24H22ClN3O5. The van der Waals surface area contributed by atoms with Gasteiger partial charge in [0.2, 0.25) is 5.91 Å². The summed E-state index contributed by atoms with van der Waals surface area (Å²) in [6.07, 6.45) is 0. The van der Waals surface area contributed by atoms with Gasteiger partial charge in [0, 0.05) is 12.1 Å². The molecule has 1 aliphatic rings. The second-order valence-electron chi connectivity index (χ2n) is 7.74. The van der Waals surface area contributed by atoms with Crippen molar-refractivity contribution in [2.75, 3.05) is 26.1 Å². The first-order valence-electron chi connectivity index (χ1n) is 10.1. The molecule has 0 saturated carbocycles. The third kappa shape index (κ3) is 4.05. The van der Waals surface area contributed by atoms with Gasteiger partial charge in [-0.05, 0) is 29.3 Å². The lowest BCUT2D eigenvalue weighted by Gasteiger charge is -2.22. The Balaban J connectivity index is 1.55. The fourth-order valence-corrected chi connectivity index (χ4v) is 4.06. The zero-order chi connectivity index (χ0) is 23.8. The zero-order valence-electron chi connectivity index (χ0n) is 18.3. The van der Waals surface area contributed by atoms with Gasteiger partial charge in [0.1, 0.15) is 23.6 Å². The molecule has 3 aromatic carbocycles. The topological polar surface area (TPSA) is 97.0 Å². The Bertz CT molecular complexity index is 1280. The van der Waals surface area contributed by atoms with Gasteiger partial charge in [-0.15, -0.1) is 0 Å². The maximum Gasteiger partial charge on any atom is 0.325 e. The summed E-state index contributed by atoms with van der Waals surface area (Å²) in [6.45, 7) is 1.16. The fraction of sp³-hybridized carbons (Fsp3) is 0.208. The molecule has 170 valence electrons. The van der Waals surface area contributed by atoms with E-state index in [9.17, 15) is 14.4 Å². The molecule has 1 aliphatic heterocycles. The minimum Gasteiger partial charge on any atom is -0.495 e. The van der Waals surface area contributed by atoms with Crippen molar-refractivity contribution in [1.29, 1.82) is 0 Å². The van der Waals surface area contributed by atoms with Gasteiger partial charge < -0.3 is 20.1 Å². The highest BCUT2D eigenvalue weighted by Crippen LogP contribution is 2.36. The van der Waals surface area contributed by atoms with E-state index >= 15 is 0 Å². The van der Waals surface area contributed by atoms with E-state index in [1.165, 1.54) is 26.4 Å². The molecule has 33 heavy (non-hydrogen) atoms. The Labute approximate surface area is 195 Å². The molecule has 0 spiro atoms. The van der Waals surface area contributed by atoms with E-state index in [4.69, 9.17) is 21.1 Å². The summed E-state index contributed by atoms with van der Waals surface area (Å²) in [4.78, 5) is 39.5. The molecule has 9 heteroatoms. The quantitative estimate of drug-likeness (QED) is 0.536. The Kier molecular flexibility index (Phi) is 5.86. The van der Waals surface area contributed by atoms with Crippen molar-refractivity contribution in [2.24, 2.45) is 0 Å². The number of rotatable bonds is 6. The summed E-state index contributed by atoms with van der Waals surface area (Å²) in [6, 6.07) is 15.6. The normalized spacial score (nSPS) is 17.8. The molecule has 1 saturated heterocycles. The summed E-state index contributed by atoms with van der Waals surface area (Å²) in [5.41, 5.74) is -0.359. The summed E-state index contributed by atoms with van der Waals surface area (Å²) >= 11 is 6.09. The minimum atomic E-state index is -1.29. The molecule has 4 rings (SSSR count). The summed E-state index contributed by atoms with van der Waals surface area (Å²) < 4.78 is 10.4. The van der Waals surface area contributed by atoms with Crippen LogP contribution in [-0.4, -0.2) is 43.5 Å². The van der Waals surface area contributed by atoms with Gasteiger partial charge in [-0.25, -0.2) is 4.79 Å². The number of halogens is 1. The van der Waals surface area contributed by atoms with Crippen molar-refractivity contribution >= 4 is 45.9 Å². The Morgan fingerprint density at radius 3 is 2.42 bits per heavy atom. The van der Waals surface area contributed by atoms with Crippen molar-refractivity contribution in [3.8, 4) is 11.5 Å². The molecular weight excluding hydrogens is 446 g/mol. The molecule has 0 aliphatic carbocycles. The van der Waals surface area contributed by atoms with Gasteiger partial charge >= 0.3 is 6.03 Å². The summed E-state index contributed by atoms with van der Waals surface area (Å²) in [5.74, 6) is -0.443. The van der Waals surface area contributed by atoms with Crippen LogP contribution in [0.4, 0.5) is 10.5 Å². The molecule has 2 N–H and O–H groups in total. The van der Waals surface area contributed by atoms with Crippen molar-refractivity contribution in [3.63, 3.8) is 0 Å². The van der Waals surface area contributed by atoms with Crippen molar-refractivity contribution in [2.45, 2.75) is 12.5 Å². The summed E-state index contributed by atoms with van der Waals surface area (Å²) in [5, 5.41) is 7.64. The number of imide groups is 1. The third-order valence-corrected chi connectivity index (χ3v) is 5.95. The van der Waals surface area contributed by atoms with E-state index < -0.39 is 29.9 Å². The molecule has 3 aromatic rings. The number of benzene rings is 3. The van der Waals surface area contributed by atoms with Gasteiger partial charge in [0.25, 0.3) is 5.91 Å². The van der Waals surface area contributed by atoms with E-state index in [0.717, 1.165) is 15.7 Å². The number of nitrogens with one attached hydrogen (secondary N) is 2. The molecule has 0 aromatic heterocycles. The number of carbonyl (C=O) groups is 3. The minimum absolute atomic E-state index is 0.299. The van der Waals surface area contributed by atoms with E-state index in [0.29, 0.717) is 27.8 Å². The number of carbonyl (C=O) groups excluding carboxylic acids is 3. The Morgan fingerprint density at radius 1 is 1.03 bits per heavy atom. The van der Waals surface area contributed by atoms with Gasteiger partial charge in [-0.3, -0.25) is 14.5 Å². The third-order valence-electron chi connectivity index (χ3n) is 5.65. The van der Waals surface area contributed by atoms with Crippen LogP contribution in [0, 0.1) is 0 Å². The van der Waals surface area contributed by atoms with E-state index in [1.54, 1.807) is 13.0 Å². The highest BCUT2D eigenvalue weighted by atomic mass is 35.5. The van der Waals surface area contributed by atoms with Crippen molar-refractivity contribution in [3.05, 3.63) is 65.2 Å². The van der Waals surface area contributed by atoms with Crippen LogP contribution in [0.1, 0.15) is 12.5 Å². The first-order chi connectivity index (χ1) is 15.8. The number of ether oxygens (including phenoxy) is 2. The molecule has 0 radical (unpaired) electrons.